The Balaban J connectivity index is 1.58. The van der Waals surface area contributed by atoms with Gasteiger partial charge < -0.3 is 14.7 Å². The van der Waals surface area contributed by atoms with Gasteiger partial charge >= 0.3 is 0 Å². The second-order valence-corrected chi connectivity index (χ2v) is 7.08. The molecule has 3 aliphatic rings. The Morgan fingerprint density at radius 2 is 1.86 bits per heavy atom. The fraction of sp³-hybridized carbons (Fsp3) is 0.611. The lowest BCUT2D eigenvalue weighted by atomic mass is 9.63. The first-order valence-corrected chi connectivity index (χ1v) is 8.31. The second-order valence-electron chi connectivity index (χ2n) is 7.08. The molecule has 4 nitrogen and oxygen atoms in total. The van der Waals surface area contributed by atoms with Gasteiger partial charge in [0.1, 0.15) is 0 Å². The maximum atomic E-state index is 12.7. The molecule has 1 unspecified atom stereocenters. The van der Waals surface area contributed by atoms with Gasteiger partial charge in [0.2, 0.25) is 5.91 Å². The highest BCUT2D eigenvalue weighted by Gasteiger charge is 2.56. The molecule has 118 valence electrons. The quantitative estimate of drug-likeness (QED) is 0.910. The molecule has 1 aliphatic carbocycles. The SMILES string of the molecule is O=C(C1CC(O)C1)N1CC2(CCOCC2)C1c1ccccc1. The van der Waals surface area contributed by atoms with Crippen LogP contribution < -0.4 is 0 Å². The van der Waals surface area contributed by atoms with Gasteiger partial charge in [-0.1, -0.05) is 30.3 Å². The molecule has 2 saturated heterocycles. The van der Waals surface area contributed by atoms with Gasteiger partial charge in [0.15, 0.2) is 0 Å². The zero-order valence-electron chi connectivity index (χ0n) is 12.8. The summed E-state index contributed by atoms with van der Waals surface area (Å²) in [5.74, 6) is 0.259. The van der Waals surface area contributed by atoms with Gasteiger partial charge in [0, 0.05) is 31.1 Å². The van der Waals surface area contributed by atoms with Crippen molar-refractivity contribution in [1.29, 1.82) is 0 Å². The average Bonchev–Trinajstić information content (AvgIpc) is 2.51. The van der Waals surface area contributed by atoms with Crippen LogP contribution in [-0.4, -0.2) is 41.8 Å². The van der Waals surface area contributed by atoms with Crippen LogP contribution >= 0.6 is 0 Å². The topological polar surface area (TPSA) is 49.8 Å². The number of hydrogen-bond acceptors (Lipinski definition) is 3. The monoisotopic (exact) mass is 301 g/mol. The van der Waals surface area contributed by atoms with Gasteiger partial charge in [-0.25, -0.2) is 0 Å². The number of carbonyl (C=O) groups excluding carboxylic acids is 1. The number of aliphatic hydroxyl groups excluding tert-OH is 1. The molecule has 1 saturated carbocycles. The molecule has 22 heavy (non-hydrogen) atoms. The molecule has 1 N–H and O–H groups in total. The summed E-state index contributed by atoms with van der Waals surface area (Å²) in [4.78, 5) is 14.8. The van der Waals surface area contributed by atoms with E-state index in [4.69, 9.17) is 4.74 Å². The molecule has 0 aromatic heterocycles. The number of nitrogens with zero attached hydrogens (tertiary/aromatic N) is 1. The number of amides is 1. The standard InChI is InChI=1S/C18H23NO3/c20-15-10-14(11-15)17(21)19-12-18(6-8-22-9-7-18)16(19)13-4-2-1-3-5-13/h1-5,14-16,20H,6-12H2. The van der Waals surface area contributed by atoms with Crippen LogP contribution in [0.5, 0.6) is 0 Å². The highest BCUT2D eigenvalue weighted by Crippen LogP contribution is 2.55. The summed E-state index contributed by atoms with van der Waals surface area (Å²) in [6, 6.07) is 10.6. The molecule has 2 aliphatic heterocycles. The van der Waals surface area contributed by atoms with E-state index in [9.17, 15) is 9.90 Å². The van der Waals surface area contributed by atoms with Gasteiger partial charge in [0.25, 0.3) is 0 Å². The number of benzene rings is 1. The van der Waals surface area contributed by atoms with Crippen LogP contribution in [0.15, 0.2) is 30.3 Å². The molecule has 0 radical (unpaired) electrons. The highest BCUT2D eigenvalue weighted by molar-refractivity contribution is 5.81. The second kappa shape index (κ2) is 5.36. The lowest BCUT2D eigenvalue weighted by Crippen LogP contribution is -2.64. The Morgan fingerprint density at radius 3 is 2.50 bits per heavy atom. The fourth-order valence-electron chi connectivity index (χ4n) is 4.34. The van der Waals surface area contributed by atoms with E-state index < -0.39 is 0 Å². The number of aliphatic hydroxyl groups is 1. The Labute approximate surface area is 131 Å². The lowest BCUT2D eigenvalue weighted by molar-refractivity contribution is -0.178. The van der Waals surface area contributed by atoms with Crippen molar-refractivity contribution in [3.63, 3.8) is 0 Å². The molecule has 1 spiro atoms. The van der Waals surface area contributed by atoms with E-state index in [2.05, 4.69) is 29.2 Å². The van der Waals surface area contributed by atoms with Crippen LogP contribution in [0.25, 0.3) is 0 Å². The van der Waals surface area contributed by atoms with Crippen LogP contribution in [0.1, 0.15) is 37.3 Å². The number of hydrogen-bond donors (Lipinski definition) is 1. The van der Waals surface area contributed by atoms with Crippen molar-refractivity contribution < 1.29 is 14.6 Å². The van der Waals surface area contributed by atoms with Crippen molar-refractivity contribution in [3.8, 4) is 0 Å². The summed E-state index contributed by atoms with van der Waals surface area (Å²) in [6.07, 6.45) is 3.05. The van der Waals surface area contributed by atoms with Crippen molar-refractivity contribution >= 4 is 5.91 Å². The minimum absolute atomic E-state index is 0.0263. The van der Waals surface area contributed by atoms with E-state index >= 15 is 0 Å². The van der Waals surface area contributed by atoms with Crippen molar-refractivity contribution in [1.82, 2.24) is 4.90 Å². The predicted octanol–water partition coefficient (Wildman–Crippen LogP) is 2.14. The molecular formula is C18H23NO3. The summed E-state index contributed by atoms with van der Waals surface area (Å²) in [7, 11) is 0. The number of likely N-dealkylation sites (tertiary alicyclic amines) is 1. The molecule has 4 rings (SSSR count). The van der Waals surface area contributed by atoms with Gasteiger partial charge in [-0.2, -0.15) is 0 Å². The molecule has 3 fully saturated rings. The molecular weight excluding hydrogens is 278 g/mol. The zero-order chi connectivity index (χ0) is 15.2. The van der Waals surface area contributed by atoms with Crippen LogP contribution in [0, 0.1) is 11.3 Å². The molecule has 1 amide bonds. The number of ether oxygens (including phenoxy) is 1. The summed E-state index contributed by atoms with van der Waals surface area (Å²) in [5.41, 5.74) is 1.43. The Morgan fingerprint density at radius 1 is 1.18 bits per heavy atom. The maximum absolute atomic E-state index is 12.7. The Bertz CT molecular complexity index is 547. The summed E-state index contributed by atoms with van der Waals surface area (Å²) in [6.45, 7) is 2.45. The number of rotatable bonds is 2. The average molecular weight is 301 g/mol. The first-order chi connectivity index (χ1) is 10.7. The van der Waals surface area contributed by atoms with E-state index in [1.54, 1.807) is 0 Å². The van der Waals surface area contributed by atoms with Crippen molar-refractivity contribution in [3.05, 3.63) is 35.9 Å². The third-order valence-corrected chi connectivity index (χ3v) is 5.73. The van der Waals surface area contributed by atoms with E-state index in [-0.39, 0.29) is 29.4 Å². The normalized spacial score (nSPS) is 33.1. The van der Waals surface area contributed by atoms with Gasteiger partial charge in [-0.15, -0.1) is 0 Å². The summed E-state index contributed by atoms with van der Waals surface area (Å²) < 4.78 is 5.54. The smallest absolute Gasteiger partial charge is 0.226 e. The van der Waals surface area contributed by atoms with E-state index in [1.165, 1.54) is 5.56 Å². The first kappa shape index (κ1) is 14.2. The molecule has 1 aromatic carbocycles. The first-order valence-electron chi connectivity index (χ1n) is 8.31. The Kier molecular flexibility index (Phi) is 3.46. The lowest BCUT2D eigenvalue weighted by Gasteiger charge is -2.60. The van der Waals surface area contributed by atoms with Crippen LogP contribution in [-0.2, 0) is 9.53 Å². The molecule has 0 bridgehead atoms. The minimum Gasteiger partial charge on any atom is -0.393 e. The zero-order valence-corrected chi connectivity index (χ0v) is 12.8. The molecule has 1 atom stereocenters. The van der Waals surface area contributed by atoms with Gasteiger partial charge in [-0.05, 0) is 31.2 Å². The van der Waals surface area contributed by atoms with Gasteiger partial charge in [-0.3, -0.25) is 4.79 Å². The fourth-order valence-corrected chi connectivity index (χ4v) is 4.34. The van der Waals surface area contributed by atoms with E-state index in [1.807, 2.05) is 6.07 Å². The van der Waals surface area contributed by atoms with Crippen LogP contribution in [0.2, 0.25) is 0 Å². The van der Waals surface area contributed by atoms with Crippen molar-refractivity contribution in [2.45, 2.75) is 37.8 Å². The molecule has 1 aromatic rings. The summed E-state index contributed by atoms with van der Waals surface area (Å²) >= 11 is 0. The third kappa shape index (κ3) is 2.17. The van der Waals surface area contributed by atoms with Crippen molar-refractivity contribution in [2.75, 3.05) is 19.8 Å². The maximum Gasteiger partial charge on any atom is 0.226 e. The van der Waals surface area contributed by atoms with Crippen molar-refractivity contribution in [2.24, 2.45) is 11.3 Å². The predicted molar refractivity (Wildman–Crippen MR) is 82.1 cm³/mol. The molecule has 4 heteroatoms. The Hall–Kier alpha value is -1.39. The summed E-state index contributed by atoms with van der Waals surface area (Å²) in [5, 5.41) is 9.48. The molecule has 2 heterocycles. The van der Waals surface area contributed by atoms with Crippen LogP contribution in [0.3, 0.4) is 0 Å². The van der Waals surface area contributed by atoms with E-state index in [0.29, 0.717) is 12.8 Å². The number of carbonyl (C=O) groups is 1. The van der Waals surface area contributed by atoms with E-state index in [0.717, 1.165) is 32.6 Å². The highest BCUT2D eigenvalue weighted by atomic mass is 16.5. The van der Waals surface area contributed by atoms with Gasteiger partial charge in [0.05, 0.1) is 12.1 Å². The largest absolute Gasteiger partial charge is 0.393 e. The third-order valence-electron chi connectivity index (χ3n) is 5.73. The van der Waals surface area contributed by atoms with Crippen LogP contribution in [0.4, 0.5) is 0 Å². The minimum atomic E-state index is -0.276.